The van der Waals surface area contributed by atoms with Crippen molar-refractivity contribution in [2.75, 3.05) is 31.3 Å². The molecule has 6 heteroatoms. The van der Waals surface area contributed by atoms with Crippen LogP contribution in [0.5, 0.6) is 0 Å². The molecule has 0 spiro atoms. The topological polar surface area (TPSA) is 64.3 Å². The molecule has 0 saturated heterocycles. The summed E-state index contributed by atoms with van der Waals surface area (Å²) in [6, 6.07) is 2.10. The molecular weight excluding hydrogens is 248 g/mol. The number of ether oxygens (including phenoxy) is 1. The quantitative estimate of drug-likeness (QED) is 0.917. The largest absolute Gasteiger partial charge is 0.380 e. The Morgan fingerprint density at radius 3 is 2.89 bits per heavy atom. The van der Waals surface area contributed by atoms with Gasteiger partial charge in [0.15, 0.2) is 0 Å². The summed E-state index contributed by atoms with van der Waals surface area (Å²) in [6.45, 7) is 4.85. The molecule has 2 N–H and O–H groups in total. The lowest BCUT2D eigenvalue weighted by Crippen LogP contribution is -2.29. The Labute approximate surface area is 111 Å². The fraction of sp³-hybridized carbons (Fsp3) is 0.500. The second-order valence-corrected chi connectivity index (χ2v) is 5.64. The van der Waals surface area contributed by atoms with E-state index < -0.39 is 0 Å². The molecule has 98 valence electrons. The highest BCUT2D eigenvalue weighted by Crippen LogP contribution is 2.30. The smallest absolute Gasteiger partial charge is 0.223 e. The molecule has 5 nitrogen and oxygen atoms in total. The Morgan fingerprint density at radius 2 is 2.22 bits per heavy atom. The number of hydrogen-bond acceptors (Lipinski definition) is 6. The fourth-order valence-corrected chi connectivity index (χ4v) is 2.76. The van der Waals surface area contributed by atoms with E-state index in [9.17, 15) is 0 Å². The van der Waals surface area contributed by atoms with Crippen LogP contribution in [0.4, 0.5) is 11.8 Å². The Balaban J connectivity index is 2.42. The van der Waals surface area contributed by atoms with E-state index in [1.54, 1.807) is 18.4 Å². The van der Waals surface area contributed by atoms with Crippen molar-refractivity contribution in [1.29, 1.82) is 0 Å². The number of rotatable bonds is 4. The van der Waals surface area contributed by atoms with Crippen LogP contribution in [0.3, 0.4) is 0 Å². The van der Waals surface area contributed by atoms with Gasteiger partial charge in [-0.1, -0.05) is 0 Å². The molecule has 0 saturated carbocycles. The van der Waals surface area contributed by atoms with Gasteiger partial charge in [0.25, 0.3) is 0 Å². The third-order valence-electron chi connectivity index (χ3n) is 2.81. The average Bonchev–Trinajstić information content (AvgIpc) is 2.67. The summed E-state index contributed by atoms with van der Waals surface area (Å²) in [5, 5.41) is 1.05. The van der Waals surface area contributed by atoms with Crippen molar-refractivity contribution in [3.05, 3.63) is 10.9 Å². The molecule has 0 aliphatic carbocycles. The molecule has 18 heavy (non-hydrogen) atoms. The van der Waals surface area contributed by atoms with E-state index in [0.717, 1.165) is 22.6 Å². The van der Waals surface area contributed by atoms with Gasteiger partial charge in [0, 0.05) is 25.6 Å². The van der Waals surface area contributed by atoms with Crippen LogP contribution >= 0.6 is 11.3 Å². The van der Waals surface area contributed by atoms with Gasteiger partial charge in [-0.3, -0.25) is 0 Å². The molecule has 2 aromatic heterocycles. The van der Waals surface area contributed by atoms with Gasteiger partial charge in [0.05, 0.1) is 11.5 Å². The Kier molecular flexibility index (Phi) is 3.68. The number of aryl methyl sites for hydroxylation is 1. The van der Waals surface area contributed by atoms with Crippen LogP contribution in [0.2, 0.25) is 0 Å². The lowest BCUT2D eigenvalue weighted by atomic mass is 10.3. The first-order chi connectivity index (χ1) is 8.51. The standard InChI is InChI=1S/C12H18N4OS/c1-7(17-4)6-16(3)10-9-5-8(2)18-11(9)15-12(13)14-10/h5,7H,6H2,1-4H3,(H2,13,14,15). The second-order valence-electron chi connectivity index (χ2n) is 4.41. The molecular formula is C12H18N4OS. The number of thiophene rings is 1. The molecule has 2 aromatic rings. The lowest BCUT2D eigenvalue weighted by molar-refractivity contribution is 0.124. The summed E-state index contributed by atoms with van der Waals surface area (Å²) in [5.74, 6) is 1.18. The van der Waals surface area contributed by atoms with Crippen LogP contribution in [0.25, 0.3) is 10.2 Å². The molecule has 0 amide bonds. The van der Waals surface area contributed by atoms with Crippen LogP contribution in [0.15, 0.2) is 6.07 Å². The number of aromatic nitrogens is 2. The van der Waals surface area contributed by atoms with E-state index in [1.807, 2.05) is 14.0 Å². The predicted octanol–water partition coefficient (Wildman–Crippen LogP) is 2.05. The van der Waals surface area contributed by atoms with Gasteiger partial charge in [-0.25, -0.2) is 4.98 Å². The molecule has 2 heterocycles. The summed E-state index contributed by atoms with van der Waals surface area (Å²) < 4.78 is 5.28. The minimum absolute atomic E-state index is 0.140. The van der Waals surface area contributed by atoms with Crippen molar-refractivity contribution in [2.24, 2.45) is 0 Å². The van der Waals surface area contributed by atoms with E-state index in [-0.39, 0.29) is 6.10 Å². The summed E-state index contributed by atoms with van der Waals surface area (Å²) in [4.78, 5) is 12.8. The number of nitrogen functional groups attached to an aromatic ring is 1. The van der Waals surface area contributed by atoms with E-state index in [1.165, 1.54) is 4.88 Å². The fourth-order valence-electron chi connectivity index (χ4n) is 1.88. The molecule has 0 aliphatic rings. The highest BCUT2D eigenvalue weighted by atomic mass is 32.1. The van der Waals surface area contributed by atoms with Gasteiger partial charge in [0.2, 0.25) is 5.95 Å². The van der Waals surface area contributed by atoms with Gasteiger partial charge in [-0.05, 0) is 19.9 Å². The number of nitrogens with two attached hydrogens (primary N) is 1. The summed E-state index contributed by atoms with van der Waals surface area (Å²) in [5.41, 5.74) is 5.76. The summed E-state index contributed by atoms with van der Waals surface area (Å²) >= 11 is 1.63. The molecule has 0 radical (unpaired) electrons. The predicted molar refractivity (Wildman–Crippen MR) is 76.3 cm³/mol. The number of anilines is 2. The molecule has 1 unspecified atom stereocenters. The summed E-state index contributed by atoms with van der Waals surface area (Å²) in [7, 11) is 3.70. The SMILES string of the molecule is COC(C)CN(C)c1nc(N)nc2sc(C)cc12. The van der Waals surface area contributed by atoms with Gasteiger partial charge in [-0.15, -0.1) is 11.3 Å². The second kappa shape index (κ2) is 5.07. The number of methoxy groups -OCH3 is 1. The van der Waals surface area contributed by atoms with Crippen molar-refractivity contribution in [2.45, 2.75) is 20.0 Å². The van der Waals surface area contributed by atoms with Crippen LogP contribution in [0.1, 0.15) is 11.8 Å². The molecule has 2 rings (SSSR count). The summed E-state index contributed by atoms with van der Waals surface area (Å²) in [6.07, 6.45) is 0.140. The van der Waals surface area contributed by atoms with Gasteiger partial charge in [-0.2, -0.15) is 4.98 Å². The van der Waals surface area contributed by atoms with Crippen molar-refractivity contribution in [1.82, 2.24) is 9.97 Å². The molecule has 1 atom stereocenters. The third kappa shape index (κ3) is 2.54. The Morgan fingerprint density at radius 1 is 1.50 bits per heavy atom. The van der Waals surface area contributed by atoms with E-state index in [2.05, 4.69) is 27.9 Å². The minimum Gasteiger partial charge on any atom is -0.380 e. The van der Waals surface area contributed by atoms with Gasteiger partial charge >= 0.3 is 0 Å². The Hall–Kier alpha value is -1.40. The van der Waals surface area contributed by atoms with Crippen LogP contribution < -0.4 is 10.6 Å². The van der Waals surface area contributed by atoms with E-state index in [4.69, 9.17) is 10.5 Å². The number of nitrogens with zero attached hydrogens (tertiary/aromatic N) is 3. The lowest BCUT2D eigenvalue weighted by Gasteiger charge is -2.22. The molecule has 0 fully saturated rings. The molecule has 0 bridgehead atoms. The van der Waals surface area contributed by atoms with Crippen molar-refractivity contribution in [3.8, 4) is 0 Å². The van der Waals surface area contributed by atoms with Crippen LogP contribution in [0, 0.1) is 6.92 Å². The van der Waals surface area contributed by atoms with Crippen molar-refractivity contribution in [3.63, 3.8) is 0 Å². The zero-order valence-corrected chi connectivity index (χ0v) is 11.9. The maximum atomic E-state index is 5.76. The van der Waals surface area contributed by atoms with Crippen LogP contribution in [-0.2, 0) is 4.74 Å². The molecule has 0 aliphatic heterocycles. The average molecular weight is 266 g/mol. The Bertz CT molecular complexity index is 554. The highest BCUT2D eigenvalue weighted by Gasteiger charge is 2.14. The maximum Gasteiger partial charge on any atom is 0.223 e. The van der Waals surface area contributed by atoms with E-state index in [0.29, 0.717) is 5.95 Å². The normalized spacial score (nSPS) is 12.9. The number of hydrogen-bond donors (Lipinski definition) is 1. The first-order valence-electron chi connectivity index (χ1n) is 5.79. The zero-order chi connectivity index (χ0) is 13.3. The van der Waals surface area contributed by atoms with E-state index >= 15 is 0 Å². The van der Waals surface area contributed by atoms with Crippen molar-refractivity contribution < 1.29 is 4.74 Å². The monoisotopic (exact) mass is 266 g/mol. The maximum absolute atomic E-state index is 5.76. The zero-order valence-electron chi connectivity index (χ0n) is 11.1. The molecule has 0 aromatic carbocycles. The third-order valence-corrected chi connectivity index (χ3v) is 3.75. The highest BCUT2D eigenvalue weighted by molar-refractivity contribution is 7.18. The van der Waals surface area contributed by atoms with Crippen LogP contribution in [-0.4, -0.2) is 36.8 Å². The van der Waals surface area contributed by atoms with Crippen molar-refractivity contribution >= 4 is 33.3 Å². The van der Waals surface area contributed by atoms with Gasteiger partial charge in [0.1, 0.15) is 10.6 Å². The minimum atomic E-state index is 0.140. The van der Waals surface area contributed by atoms with Gasteiger partial charge < -0.3 is 15.4 Å². The number of likely N-dealkylation sites (N-methyl/N-ethyl adjacent to an activating group) is 1. The first-order valence-corrected chi connectivity index (χ1v) is 6.60. The number of fused-ring (bicyclic) bond motifs is 1. The first kappa shape index (κ1) is 13.0.